The summed E-state index contributed by atoms with van der Waals surface area (Å²) in [5.41, 5.74) is 0. The lowest BCUT2D eigenvalue weighted by molar-refractivity contribution is -0.155. The number of hydrogen-bond acceptors (Lipinski definition) is 4. The second-order valence-corrected chi connectivity index (χ2v) is 5.51. The average Bonchev–Trinajstić information content (AvgIpc) is 2.40. The molecule has 1 N–H and O–H groups in total. The summed E-state index contributed by atoms with van der Waals surface area (Å²) >= 11 is 0. The van der Waals surface area contributed by atoms with Crippen LogP contribution < -0.4 is 5.32 Å². The Bertz CT molecular complexity index is 265. The minimum atomic E-state index is -0.0257. The van der Waals surface area contributed by atoms with Crippen molar-refractivity contribution in [3.05, 3.63) is 0 Å². The van der Waals surface area contributed by atoms with Gasteiger partial charge < -0.3 is 10.1 Å². The number of ether oxygens (including phenoxy) is 1. The van der Waals surface area contributed by atoms with Gasteiger partial charge in [-0.15, -0.1) is 0 Å². The molecule has 2 aliphatic rings. The number of hydrogen-bond donors (Lipinski definition) is 1. The van der Waals surface area contributed by atoms with E-state index in [0.29, 0.717) is 12.5 Å². The molecule has 1 saturated heterocycles. The fourth-order valence-corrected chi connectivity index (χ4v) is 3.05. The second-order valence-electron chi connectivity index (χ2n) is 5.51. The lowest BCUT2D eigenvalue weighted by Gasteiger charge is -2.32. The monoisotopic (exact) mass is 254 g/mol. The molecule has 2 unspecified atom stereocenters. The van der Waals surface area contributed by atoms with Crippen LogP contribution in [-0.4, -0.2) is 49.7 Å². The largest absolute Gasteiger partial charge is 0.461 e. The zero-order chi connectivity index (χ0) is 12.8. The fraction of sp³-hybridized carbons (Fsp3) is 0.929. The Morgan fingerprint density at radius 1 is 1.28 bits per heavy atom. The fourth-order valence-electron chi connectivity index (χ4n) is 3.05. The van der Waals surface area contributed by atoms with Crippen LogP contribution in [0, 0.1) is 5.92 Å². The van der Waals surface area contributed by atoms with Crippen molar-refractivity contribution in [1.82, 2.24) is 10.2 Å². The van der Waals surface area contributed by atoms with E-state index in [4.69, 9.17) is 4.74 Å². The Morgan fingerprint density at radius 2 is 2.00 bits per heavy atom. The van der Waals surface area contributed by atoms with Crippen molar-refractivity contribution >= 4 is 5.97 Å². The van der Waals surface area contributed by atoms with Crippen LogP contribution in [0.3, 0.4) is 0 Å². The SMILES string of the molecule is CCC1CCCCC1OC(=O)CN1CCNCC1. The number of piperazine rings is 1. The lowest BCUT2D eigenvalue weighted by Crippen LogP contribution is -2.46. The Labute approximate surface area is 110 Å². The number of carbonyl (C=O) groups is 1. The number of carbonyl (C=O) groups excluding carboxylic acids is 1. The molecule has 1 aliphatic heterocycles. The van der Waals surface area contributed by atoms with Gasteiger partial charge >= 0.3 is 5.97 Å². The molecule has 2 rings (SSSR count). The van der Waals surface area contributed by atoms with Crippen molar-refractivity contribution in [3.8, 4) is 0 Å². The summed E-state index contributed by atoms with van der Waals surface area (Å²) in [6.45, 7) is 6.54. The predicted molar refractivity (Wildman–Crippen MR) is 71.4 cm³/mol. The maximum Gasteiger partial charge on any atom is 0.320 e. The topological polar surface area (TPSA) is 41.6 Å². The molecule has 2 atom stereocenters. The molecule has 0 spiro atoms. The smallest absolute Gasteiger partial charge is 0.320 e. The van der Waals surface area contributed by atoms with Gasteiger partial charge in [0.25, 0.3) is 0 Å². The Morgan fingerprint density at radius 3 is 2.72 bits per heavy atom. The molecule has 1 aliphatic carbocycles. The molecule has 1 heterocycles. The molecule has 4 nitrogen and oxygen atoms in total. The van der Waals surface area contributed by atoms with Crippen LogP contribution in [0.1, 0.15) is 39.0 Å². The third-order valence-electron chi connectivity index (χ3n) is 4.21. The van der Waals surface area contributed by atoms with E-state index in [2.05, 4.69) is 17.1 Å². The Hall–Kier alpha value is -0.610. The zero-order valence-corrected chi connectivity index (χ0v) is 11.5. The molecule has 104 valence electrons. The van der Waals surface area contributed by atoms with Crippen molar-refractivity contribution < 1.29 is 9.53 Å². The molecule has 0 aromatic heterocycles. The number of esters is 1. The van der Waals surface area contributed by atoms with Gasteiger partial charge in [0.15, 0.2) is 0 Å². The average molecular weight is 254 g/mol. The van der Waals surface area contributed by atoms with E-state index in [9.17, 15) is 4.79 Å². The zero-order valence-electron chi connectivity index (χ0n) is 11.5. The van der Waals surface area contributed by atoms with Gasteiger partial charge in [0.2, 0.25) is 0 Å². The van der Waals surface area contributed by atoms with E-state index in [0.717, 1.165) is 39.0 Å². The van der Waals surface area contributed by atoms with Crippen molar-refractivity contribution in [1.29, 1.82) is 0 Å². The molecule has 0 bridgehead atoms. The van der Waals surface area contributed by atoms with Crippen molar-refractivity contribution in [3.63, 3.8) is 0 Å². The molecular weight excluding hydrogens is 228 g/mol. The normalized spacial score (nSPS) is 30.1. The molecular formula is C14H26N2O2. The minimum absolute atomic E-state index is 0.0257. The molecule has 0 radical (unpaired) electrons. The molecule has 0 amide bonds. The van der Waals surface area contributed by atoms with Crippen LogP contribution in [0.4, 0.5) is 0 Å². The third kappa shape index (κ3) is 3.95. The maximum absolute atomic E-state index is 12.0. The summed E-state index contributed by atoms with van der Waals surface area (Å²) in [5, 5.41) is 3.29. The molecule has 0 aromatic carbocycles. The van der Waals surface area contributed by atoms with E-state index in [-0.39, 0.29) is 12.1 Å². The van der Waals surface area contributed by atoms with Crippen LogP contribution in [-0.2, 0) is 9.53 Å². The highest BCUT2D eigenvalue weighted by molar-refractivity contribution is 5.71. The first kappa shape index (κ1) is 13.8. The van der Waals surface area contributed by atoms with Gasteiger partial charge in [-0.3, -0.25) is 9.69 Å². The van der Waals surface area contributed by atoms with Crippen LogP contribution in [0.2, 0.25) is 0 Å². The first-order valence-corrected chi connectivity index (χ1v) is 7.42. The van der Waals surface area contributed by atoms with Crippen molar-refractivity contribution in [2.24, 2.45) is 5.92 Å². The van der Waals surface area contributed by atoms with Gasteiger partial charge in [-0.1, -0.05) is 13.3 Å². The summed E-state index contributed by atoms with van der Waals surface area (Å²) in [7, 11) is 0. The summed E-state index contributed by atoms with van der Waals surface area (Å²) in [4.78, 5) is 14.1. The van der Waals surface area contributed by atoms with Gasteiger partial charge in [0.05, 0.1) is 6.54 Å². The van der Waals surface area contributed by atoms with Crippen molar-refractivity contribution in [2.75, 3.05) is 32.7 Å². The van der Waals surface area contributed by atoms with Crippen LogP contribution in [0.5, 0.6) is 0 Å². The highest BCUT2D eigenvalue weighted by Gasteiger charge is 2.27. The highest BCUT2D eigenvalue weighted by Crippen LogP contribution is 2.29. The van der Waals surface area contributed by atoms with Crippen LogP contribution >= 0.6 is 0 Å². The van der Waals surface area contributed by atoms with E-state index in [1.165, 1.54) is 19.3 Å². The van der Waals surface area contributed by atoms with Gasteiger partial charge in [0, 0.05) is 26.2 Å². The number of rotatable bonds is 4. The first-order chi connectivity index (χ1) is 8.79. The first-order valence-electron chi connectivity index (χ1n) is 7.42. The van der Waals surface area contributed by atoms with Gasteiger partial charge in [0.1, 0.15) is 6.10 Å². The molecule has 4 heteroatoms. The molecule has 18 heavy (non-hydrogen) atoms. The summed E-state index contributed by atoms with van der Waals surface area (Å²) in [6, 6.07) is 0. The van der Waals surface area contributed by atoms with Gasteiger partial charge in [-0.05, 0) is 31.6 Å². The van der Waals surface area contributed by atoms with Crippen molar-refractivity contribution in [2.45, 2.75) is 45.1 Å². The maximum atomic E-state index is 12.0. The Balaban J connectivity index is 1.75. The van der Waals surface area contributed by atoms with E-state index in [1.54, 1.807) is 0 Å². The highest BCUT2D eigenvalue weighted by atomic mass is 16.5. The van der Waals surface area contributed by atoms with E-state index in [1.807, 2.05) is 0 Å². The molecule has 1 saturated carbocycles. The standard InChI is InChI=1S/C14H26N2O2/c1-2-12-5-3-4-6-13(12)18-14(17)11-16-9-7-15-8-10-16/h12-13,15H,2-11H2,1H3. The third-order valence-corrected chi connectivity index (χ3v) is 4.21. The van der Waals surface area contributed by atoms with E-state index < -0.39 is 0 Å². The molecule has 2 fully saturated rings. The van der Waals surface area contributed by atoms with Crippen LogP contribution in [0.15, 0.2) is 0 Å². The predicted octanol–water partition coefficient (Wildman–Crippen LogP) is 1.40. The Kier molecular flexibility index (Phi) is 5.45. The van der Waals surface area contributed by atoms with E-state index >= 15 is 0 Å². The summed E-state index contributed by atoms with van der Waals surface area (Å²) in [5.74, 6) is 0.563. The minimum Gasteiger partial charge on any atom is -0.461 e. The number of nitrogens with one attached hydrogen (secondary N) is 1. The van der Waals surface area contributed by atoms with Gasteiger partial charge in [-0.25, -0.2) is 0 Å². The molecule has 0 aromatic rings. The quantitative estimate of drug-likeness (QED) is 0.770. The van der Waals surface area contributed by atoms with Gasteiger partial charge in [-0.2, -0.15) is 0 Å². The second kappa shape index (κ2) is 7.10. The lowest BCUT2D eigenvalue weighted by atomic mass is 9.85. The number of nitrogens with zero attached hydrogens (tertiary/aromatic N) is 1. The summed E-state index contributed by atoms with van der Waals surface area (Å²) < 4.78 is 5.70. The summed E-state index contributed by atoms with van der Waals surface area (Å²) in [6.07, 6.45) is 6.10. The van der Waals surface area contributed by atoms with Crippen LogP contribution in [0.25, 0.3) is 0 Å².